The minimum absolute atomic E-state index is 0.0346. The fraction of sp³-hybridized carbons (Fsp3) is 0.333. The molecule has 34 heavy (non-hydrogen) atoms. The molecule has 0 saturated carbocycles. The van der Waals surface area contributed by atoms with Gasteiger partial charge in [-0.15, -0.1) is 0 Å². The summed E-state index contributed by atoms with van der Waals surface area (Å²) < 4.78 is 25.2. The zero-order valence-corrected chi connectivity index (χ0v) is 19.4. The number of anilines is 3. The number of nitrogens with zero attached hydrogens (tertiary/aromatic N) is 2. The van der Waals surface area contributed by atoms with Crippen molar-refractivity contribution in [3.63, 3.8) is 0 Å². The predicted molar refractivity (Wildman–Crippen MR) is 128 cm³/mol. The zero-order valence-electron chi connectivity index (χ0n) is 19.4. The first-order valence-corrected chi connectivity index (χ1v) is 10.9. The van der Waals surface area contributed by atoms with Gasteiger partial charge in [0.05, 0.1) is 17.5 Å². The lowest BCUT2D eigenvalue weighted by Crippen LogP contribution is -2.30. The van der Waals surface area contributed by atoms with Crippen LogP contribution in [0.15, 0.2) is 42.7 Å². The summed E-state index contributed by atoms with van der Waals surface area (Å²) in [4.78, 5) is 32.1. The topological polar surface area (TPSA) is 114 Å². The lowest BCUT2D eigenvalue weighted by atomic mass is 10.2. The third-order valence-corrected chi connectivity index (χ3v) is 4.68. The Bertz CT molecular complexity index is 1140. The molecule has 0 unspecified atom stereocenters. The molecule has 0 atom stereocenters. The first-order chi connectivity index (χ1) is 16.4. The smallest absolute Gasteiger partial charge is 0.224 e. The molecule has 10 heteroatoms. The lowest BCUT2D eigenvalue weighted by molar-refractivity contribution is -0.124. The number of amides is 2. The summed E-state index contributed by atoms with van der Waals surface area (Å²) in [6.07, 6.45) is 1.55. The summed E-state index contributed by atoms with van der Waals surface area (Å²) in [5.41, 5.74) is 1.63. The first-order valence-electron chi connectivity index (χ1n) is 10.9. The molecule has 3 rings (SSSR count). The van der Waals surface area contributed by atoms with Crippen LogP contribution in [0.4, 0.5) is 21.6 Å². The third-order valence-electron chi connectivity index (χ3n) is 4.68. The van der Waals surface area contributed by atoms with Crippen molar-refractivity contribution < 1.29 is 23.5 Å². The fourth-order valence-electron chi connectivity index (χ4n) is 3.16. The number of carbonyl (C=O) groups is 2. The third kappa shape index (κ3) is 7.11. The van der Waals surface area contributed by atoms with Crippen LogP contribution in [0.2, 0.25) is 0 Å². The van der Waals surface area contributed by atoms with E-state index < -0.39 is 5.82 Å². The van der Waals surface area contributed by atoms with Gasteiger partial charge < -0.3 is 25.4 Å². The van der Waals surface area contributed by atoms with E-state index in [4.69, 9.17) is 9.47 Å². The van der Waals surface area contributed by atoms with E-state index in [2.05, 4.69) is 25.9 Å². The van der Waals surface area contributed by atoms with Crippen LogP contribution in [-0.2, 0) is 14.3 Å². The Morgan fingerprint density at radius 2 is 1.71 bits per heavy atom. The van der Waals surface area contributed by atoms with Crippen LogP contribution in [0.3, 0.4) is 0 Å². The van der Waals surface area contributed by atoms with Gasteiger partial charge in [-0.1, -0.05) is 0 Å². The van der Waals surface area contributed by atoms with E-state index in [0.29, 0.717) is 41.7 Å². The number of methoxy groups -OCH3 is 1. The summed E-state index contributed by atoms with van der Waals surface area (Å²) in [7, 11) is 1.56. The molecule has 180 valence electrons. The quantitative estimate of drug-likeness (QED) is 0.366. The van der Waals surface area contributed by atoms with Gasteiger partial charge in [0.2, 0.25) is 11.8 Å². The minimum atomic E-state index is -0.515. The van der Waals surface area contributed by atoms with Crippen molar-refractivity contribution in [2.24, 2.45) is 0 Å². The van der Waals surface area contributed by atoms with Gasteiger partial charge in [-0.3, -0.25) is 9.59 Å². The van der Waals surface area contributed by atoms with E-state index >= 15 is 0 Å². The highest BCUT2D eigenvalue weighted by Gasteiger charge is 2.13. The SMILES string of the molecule is COCCOc1cc(F)c2c(Nc3ccc(NC(=O)CCC(=O)NC(C)C)cc3)ncnc2c1. The first kappa shape index (κ1) is 24.8. The van der Waals surface area contributed by atoms with E-state index in [1.165, 1.54) is 12.4 Å². The lowest BCUT2D eigenvalue weighted by Gasteiger charge is -2.12. The van der Waals surface area contributed by atoms with Crippen molar-refractivity contribution in [3.8, 4) is 5.75 Å². The number of rotatable bonds is 11. The molecule has 9 nitrogen and oxygen atoms in total. The summed E-state index contributed by atoms with van der Waals surface area (Å²) >= 11 is 0. The Labute approximate surface area is 197 Å². The summed E-state index contributed by atoms with van der Waals surface area (Å²) in [5, 5.41) is 8.82. The van der Waals surface area contributed by atoms with E-state index in [1.54, 1.807) is 37.4 Å². The van der Waals surface area contributed by atoms with E-state index in [9.17, 15) is 14.0 Å². The Morgan fingerprint density at radius 3 is 2.41 bits per heavy atom. The molecule has 1 aromatic heterocycles. The molecule has 0 aliphatic heterocycles. The highest BCUT2D eigenvalue weighted by atomic mass is 19.1. The number of hydrogen-bond donors (Lipinski definition) is 3. The van der Waals surface area contributed by atoms with Gasteiger partial charge in [0.15, 0.2) is 0 Å². The molecule has 0 aliphatic rings. The predicted octanol–water partition coefficient (Wildman–Crippen LogP) is 3.78. The molecule has 3 N–H and O–H groups in total. The molecule has 0 spiro atoms. The van der Waals surface area contributed by atoms with Gasteiger partial charge in [-0.05, 0) is 38.1 Å². The maximum absolute atomic E-state index is 14.8. The van der Waals surface area contributed by atoms with Gasteiger partial charge in [0.1, 0.15) is 30.3 Å². The average Bonchev–Trinajstić information content (AvgIpc) is 2.79. The second-order valence-electron chi connectivity index (χ2n) is 7.84. The van der Waals surface area contributed by atoms with E-state index in [0.717, 1.165) is 0 Å². The highest BCUT2D eigenvalue weighted by molar-refractivity contribution is 5.94. The van der Waals surface area contributed by atoms with Crippen molar-refractivity contribution >= 4 is 39.9 Å². The van der Waals surface area contributed by atoms with Gasteiger partial charge in [0, 0.05) is 49.5 Å². The second-order valence-corrected chi connectivity index (χ2v) is 7.84. The van der Waals surface area contributed by atoms with E-state index in [-0.39, 0.29) is 36.1 Å². The average molecular weight is 470 g/mol. The van der Waals surface area contributed by atoms with Crippen molar-refractivity contribution in [2.45, 2.75) is 32.7 Å². The summed E-state index contributed by atoms with van der Waals surface area (Å²) in [6, 6.07) is 9.83. The largest absolute Gasteiger partial charge is 0.491 e. The second kappa shape index (κ2) is 11.9. The molecule has 0 saturated heterocycles. The van der Waals surface area contributed by atoms with Crippen LogP contribution in [0.5, 0.6) is 5.75 Å². The molecular formula is C24H28FN5O4. The zero-order chi connectivity index (χ0) is 24.5. The van der Waals surface area contributed by atoms with Crippen LogP contribution in [-0.4, -0.2) is 48.1 Å². The number of hydrogen-bond acceptors (Lipinski definition) is 7. The van der Waals surface area contributed by atoms with Crippen molar-refractivity contribution in [2.75, 3.05) is 31.0 Å². The molecule has 0 fully saturated rings. The Balaban J connectivity index is 1.64. The van der Waals surface area contributed by atoms with Gasteiger partial charge in [-0.2, -0.15) is 0 Å². The maximum Gasteiger partial charge on any atom is 0.224 e. The standard InChI is InChI=1S/C24H28FN5O4/c1-15(2)28-21(31)8-9-22(32)29-16-4-6-17(7-5-16)30-24-23-19(25)12-18(34-11-10-33-3)13-20(23)26-14-27-24/h4-7,12-15H,8-11H2,1-3H3,(H,28,31)(H,29,32)(H,26,27,30). The summed E-state index contributed by atoms with van der Waals surface area (Å²) in [5.74, 6) is -0.277. The van der Waals surface area contributed by atoms with E-state index in [1.807, 2.05) is 13.8 Å². The number of ether oxygens (including phenoxy) is 2. The molecule has 3 aromatic rings. The fourth-order valence-corrected chi connectivity index (χ4v) is 3.16. The Hall–Kier alpha value is -3.79. The molecule has 0 radical (unpaired) electrons. The van der Waals surface area contributed by atoms with Crippen molar-refractivity contribution in [3.05, 3.63) is 48.5 Å². The number of nitrogens with one attached hydrogen (secondary N) is 3. The number of halogens is 1. The monoisotopic (exact) mass is 469 g/mol. The van der Waals surface area contributed by atoms with Crippen LogP contribution in [0.25, 0.3) is 10.9 Å². The van der Waals surface area contributed by atoms with Crippen LogP contribution >= 0.6 is 0 Å². The number of fused-ring (bicyclic) bond motifs is 1. The maximum atomic E-state index is 14.8. The van der Waals surface area contributed by atoms with Gasteiger partial charge >= 0.3 is 0 Å². The van der Waals surface area contributed by atoms with Gasteiger partial charge in [0.25, 0.3) is 0 Å². The van der Waals surface area contributed by atoms with Gasteiger partial charge in [-0.25, -0.2) is 14.4 Å². The number of benzene rings is 2. The van der Waals surface area contributed by atoms with Crippen LogP contribution in [0, 0.1) is 5.82 Å². The molecule has 0 aliphatic carbocycles. The van der Waals surface area contributed by atoms with Crippen LogP contribution < -0.4 is 20.7 Å². The molecule has 2 amide bonds. The summed E-state index contributed by atoms with van der Waals surface area (Å²) in [6.45, 7) is 4.41. The Kier molecular flexibility index (Phi) is 8.69. The Morgan fingerprint density at radius 1 is 1.00 bits per heavy atom. The molecule has 2 aromatic carbocycles. The van der Waals surface area contributed by atoms with Crippen molar-refractivity contribution in [1.82, 2.24) is 15.3 Å². The molecule has 0 bridgehead atoms. The normalized spacial score (nSPS) is 10.9. The van der Waals surface area contributed by atoms with Crippen LogP contribution in [0.1, 0.15) is 26.7 Å². The minimum Gasteiger partial charge on any atom is -0.491 e. The number of aromatic nitrogens is 2. The molecule has 1 heterocycles. The van der Waals surface area contributed by atoms with Crippen molar-refractivity contribution in [1.29, 1.82) is 0 Å². The highest BCUT2D eigenvalue weighted by Crippen LogP contribution is 2.29. The number of carbonyl (C=O) groups excluding carboxylic acids is 2. The molecular weight excluding hydrogens is 441 g/mol.